The lowest BCUT2D eigenvalue weighted by Gasteiger charge is -2.15. The predicted molar refractivity (Wildman–Crippen MR) is 133 cm³/mol. The number of amides is 3. The van der Waals surface area contributed by atoms with Crippen molar-refractivity contribution in [2.75, 3.05) is 22.6 Å². The van der Waals surface area contributed by atoms with E-state index in [0.29, 0.717) is 33.4 Å². The van der Waals surface area contributed by atoms with Gasteiger partial charge in [-0.15, -0.1) is 0 Å². The third-order valence-electron chi connectivity index (χ3n) is 5.18. The average molecular weight is 496 g/mol. The highest BCUT2D eigenvalue weighted by molar-refractivity contribution is 6.53. The molecule has 1 heterocycles. The van der Waals surface area contributed by atoms with Gasteiger partial charge in [-0.2, -0.15) is 0 Å². The summed E-state index contributed by atoms with van der Waals surface area (Å²) in [6, 6.07) is 18.2. The largest absolute Gasteiger partial charge is 0.497 e. The quantitative estimate of drug-likeness (QED) is 0.450. The van der Waals surface area contributed by atoms with E-state index in [2.05, 4.69) is 10.6 Å². The van der Waals surface area contributed by atoms with Crippen molar-refractivity contribution in [3.63, 3.8) is 0 Å². The molecule has 172 valence electrons. The number of benzene rings is 3. The minimum Gasteiger partial charge on any atom is -0.497 e. The van der Waals surface area contributed by atoms with E-state index in [-0.39, 0.29) is 16.6 Å². The summed E-state index contributed by atoms with van der Waals surface area (Å²) in [4.78, 5) is 39.3. The number of anilines is 3. The Morgan fingerprint density at radius 1 is 0.912 bits per heavy atom. The Kier molecular flexibility index (Phi) is 6.58. The molecular weight excluding hydrogens is 477 g/mol. The van der Waals surface area contributed by atoms with Gasteiger partial charge in [-0.3, -0.25) is 14.4 Å². The highest BCUT2D eigenvalue weighted by Gasteiger charge is 2.39. The topological polar surface area (TPSA) is 87.7 Å². The van der Waals surface area contributed by atoms with Crippen LogP contribution in [0.2, 0.25) is 5.02 Å². The number of halogens is 2. The number of nitrogens with zero attached hydrogens (tertiary/aromatic N) is 1. The zero-order valence-corrected chi connectivity index (χ0v) is 19.7. The van der Waals surface area contributed by atoms with Crippen LogP contribution < -0.4 is 20.3 Å². The van der Waals surface area contributed by atoms with Gasteiger partial charge in [0.2, 0.25) is 0 Å². The monoisotopic (exact) mass is 495 g/mol. The van der Waals surface area contributed by atoms with E-state index in [1.165, 1.54) is 7.11 Å². The molecule has 0 radical (unpaired) electrons. The Morgan fingerprint density at radius 3 is 2.32 bits per heavy atom. The maximum Gasteiger partial charge on any atom is 0.283 e. The number of imide groups is 1. The van der Waals surface area contributed by atoms with Crippen LogP contribution in [0, 0.1) is 6.92 Å². The lowest BCUT2D eigenvalue weighted by atomic mass is 10.1. The Labute approximate surface area is 205 Å². The maximum atomic E-state index is 13.0. The third-order valence-corrected chi connectivity index (χ3v) is 5.94. The van der Waals surface area contributed by atoms with Crippen molar-refractivity contribution in [2.45, 2.75) is 6.92 Å². The van der Waals surface area contributed by atoms with E-state index >= 15 is 0 Å². The number of carbonyl (C=O) groups excluding carboxylic acids is 3. The van der Waals surface area contributed by atoms with Gasteiger partial charge in [-0.1, -0.05) is 35.3 Å². The van der Waals surface area contributed by atoms with E-state index in [4.69, 9.17) is 27.9 Å². The molecule has 7 nitrogen and oxygen atoms in total. The normalized spacial score (nSPS) is 13.4. The molecule has 0 saturated heterocycles. The first-order chi connectivity index (χ1) is 16.3. The minimum atomic E-state index is -0.649. The first-order valence-corrected chi connectivity index (χ1v) is 10.9. The highest BCUT2D eigenvalue weighted by atomic mass is 35.5. The van der Waals surface area contributed by atoms with E-state index in [1.54, 1.807) is 60.7 Å². The molecule has 1 aliphatic rings. The molecule has 9 heteroatoms. The second-order valence-corrected chi connectivity index (χ2v) is 8.24. The van der Waals surface area contributed by atoms with Crippen molar-refractivity contribution in [2.24, 2.45) is 0 Å². The van der Waals surface area contributed by atoms with Crippen LogP contribution in [-0.4, -0.2) is 24.8 Å². The van der Waals surface area contributed by atoms with Gasteiger partial charge in [0.1, 0.15) is 16.5 Å². The Balaban J connectivity index is 1.52. The summed E-state index contributed by atoms with van der Waals surface area (Å²) in [5.74, 6) is -1.03. The molecule has 3 aromatic rings. The molecule has 0 aliphatic carbocycles. The van der Waals surface area contributed by atoms with Gasteiger partial charge in [0.05, 0.1) is 12.8 Å². The fraction of sp³-hybridized carbons (Fsp3) is 0.0800. The van der Waals surface area contributed by atoms with Gasteiger partial charge in [0, 0.05) is 22.0 Å². The molecule has 2 N–H and O–H groups in total. The number of rotatable bonds is 6. The lowest BCUT2D eigenvalue weighted by Crippen LogP contribution is -2.32. The Morgan fingerprint density at radius 2 is 1.65 bits per heavy atom. The first-order valence-electron chi connectivity index (χ1n) is 10.2. The van der Waals surface area contributed by atoms with Crippen molar-refractivity contribution >= 4 is 58.0 Å². The van der Waals surface area contributed by atoms with Gasteiger partial charge < -0.3 is 15.4 Å². The molecule has 0 aromatic heterocycles. The smallest absolute Gasteiger partial charge is 0.283 e. The summed E-state index contributed by atoms with van der Waals surface area (Å²) in [7, 11) is 1.52. The zero-order valence-electron chi connectivity index (χ0n) is 18.2. The second-order valence-electron chi connectivity index (χ2n) is 7.46. The molecule has 0 fully saturated rings. The molecule has 3 amide bonds. The first kappa shape index (κ1) is 23.4. The molecule has 0 atom stereocenters. The number of hydrogen-bond donors (Lipinski definition) is 2. The van der Waals surface area contributed by atoms with E-state index in [9.17, 15) is 14.4 Å². The summed E-state index contributed by atoms with van der Waals surface area (Å²) in [5.41, 5.74) is 2.48. The third kappa shape index (κ3) is 4.62. The molecule has 0 unspecified atom stereocenters. The molecule has 4 rings (SSSR count). The van der Waals surface area contributed by atoms with Gasteiger partial charge in [0.15, 0.2) is 0 Å². The van der Waals surface area contributed by atoms with Crippen molar-refractivity contribution in [3.05, 3.63) is 93.6 Å². The van der Waals surface area contributed by atoms with Crippen molar-refractivity contribution < 1.29 is 19.1 Å². The van der Waals surface area contributed by atoms with Gasteiger partial charge in [-0.25, -0.2) is 4.90 Å². The molecule has 3 aromatic carbocycles. The molecule has 0 bridgehead atoms. The van der Waals surface area contributed by atoms with Gasteiger partial charge in [0.25, 0.3) is 17.7 Å². The highest BCUT2D eigenvalue weighted by Crippen LogP contribution is 2.31. The van der Waals surface area contributed by atoms with Crippen molar-refractivity contribution in [1.82, 2.24) is 0 Å². The SMILES string of the molecule is COc1ccc(N2C(=O)C(Cl)=C(Nc3cccc(C(=O)Nc4ccc(C)c(Cl)c4)c3)C2=O)cc1. The zero-order chi connectivity index (χ0) is 24.4. The van der Waals surface area contributed by atoms with Crippen LogP contribution in [0.15, 0.2) is 77.5 Å². The van der Waals surface area contributed by atoms with Gasteiger partial charge in [-0.05, 0) is 67.1 Å². The summed E-state index contributed by atoms with van der Waals surface area (Å²) in [6.45, 7) is 1.87. The maximum absolute atomic E-state index is 13.0. The summed E-state index contributed by atoms with van der Waals surface area (Å²) >= 11 is 12.3. The number of carbonyl (C=O) groups is 3. The van der Waals surface area contributed by atoms with Crippen molar-refractivity contribution in [1.29, 1.82) is 0 Å². The Bertz CT molecular complexity index is 1340. The fourth-order valence-corrected chi connectivity index (χ4v) is 3.73. The summed E-state index contributed by atoms with van der Waals surface area (Å²) in [5, 5.41) is 5.96. The molecule has 0 spiro atoms. The molecule has 0 saturated carbocycles. The number of nitrogens with one attached hydrogen (secondary N) is 2. The molecule has 1 aliphatic heterocycles. The number of hydrogen-bond acceptors (Lipinski definition) is 5. The molecular formula is C25H19Cl2N3O4. The summed E-state index contributed by atoms with van der Waals surface area (Å²) < 4.78 is 5.11. The number of methoxy groups -OCH3 is 1. The molecule has 34 heavy (non-hydrogen) atoms. The predicted octanol–water partition coefficient (Wildman–Crippen LogP) is 5.35. The van der Waals surface area contributed by atoms with Crippen molar-refractivity contribution in [3.8, 4) is 5.75 Å². The van der Waals surface area contributed by atoms with E-state index in [0.717, 1.165) is 10.5 Å². The minimum absolute atomic E-state index is 0.0784. The second kappa shape index (κ2) is 9.59. The Hall–Kier alpha value is -3.81. The number of ether oxygens (including phenoxy) is 1. The standard InChI is InChI=1S/C25H19Cl2N3O4/c1-14-6-7-17(13-20(14)26)29-23(31)15-4-3-5-16(12-15)28-22-21(27)24(32)30(25(22)33)18-8-10-19(34-2)11-9-18/h3-13,28H,1-2H3,(H,29,31). The van der Waals surface area contributed by atoms with Crippen LogP contribution in [0.3, 0.4) is 0 Å². The number of aryl methyl sites for hydroxylation is 1. The summed E-state index contributed by atoms with van der Waals surface area (Å²) in [6.07, 6.45) is 0. The van der Waals surface area contributed by atoms with Crippen LogP contribution in [0.5, 0.6) is 5.75 Å². The van der Waals surface area contributed by atoms with Crippen LogP contribution in [0.1, 0.15) is 15.9 Å². The van der Waals surface area contributed by atoms with E-state index < -0.39 is 11.8 Å². The average Bonchev–Trinajstić information content (AvgIpc) is 3.04. The lowest BCUT2D eigenvalue weighted by molar-refractivity contribution is -0.120. The van der Waals surface area contributed by atoms with Crippen LogP contribution in [0.25, 0.3) is 0 Å². The van der Waals surface area contributed by atoms with Gasteiger partial charge >= 0.3 is 0 Å². The van der Waals surface area contributed by atoms with Crippen LogP contribution in [0.4, 0.5) is 17.1 Å². The fourth-order valence-electron chi connectivity index (χ4n) is 3.33. The van der Waals surface area contributed by atoms with Crippen LogP contribution in [-0.2, 0) is 9.59 Å². The van der Waals surface area contributed by atoms with Crippen LogP contribution >= 0.6 is 23.2 Å². The van der Waals surface area contributed by atoms with E-state index in [1.807, 2.05) is 13.0 Å².